The molecular formula is C17H17BrN2O3. The predicted octanol–water partition coefficient (Wildman–Crippen LogP) is 3.82. The zero-order valence-corrected chi connectivity index (χ0v) is 14.2. The lowest BCUT2D eigenvalue weighted by Crippen LogP contribution is -2.20. The van der Waals surface area contributed by atoms with E-state index in [0.717, 1.165) is 4.47 Å². The Hall–Kier alpha value is -2.34. The molecule has 0 aliphatic rings. The second-order valence-electron chi connectivity index (χ2n) is 4.77. The lowest BCUT2D eigenvalue weighted by Gasteiger charge is -2.09. The van der Waals surface area contributed by atoms with Crippen molar-refractivity contribution in [3.8, 4) is 5.75 Å². The first-order valence-electron chi connectivity index (χ1n) is 7.15. The van der Waals surface area contributed by atoms with Gasteiger partial charge in [-0.3, -0.25) is 9.59 Å². The van der Waals surface area contributed by atoms with Gasteiger partial charge in [0.25, 0.3) is 5.91 Å². The Balaban J connectivity index is 1.82. The number of hydrogen-bond donors (Lipinski definition) is 2. The van der Waals surface area contributed by atoms with E-state index in [-0.39, 0.29) is 18.4 Å². The van der Waals surface area contributed by atoms with Crippen molar-refractivity contribution < 1.29 is 14.3 Å². The molecule has 23 heavy (non-hydrogen) atoms. The van der Waals surface area contributed by atoms with Gasteiger partial charge in [0.05, 0.1) is 0 Å². The summed E-state index contributed by atoms with van der Waals surface area (Å²) in [5, 5.41) is 5.48. The van der Waals surface area contributed by atoms with Gasteiger partial charge in [-0.2, -0.15) is 0 Å². The number of carbonyl (C=O) groups excluding carboxylic acids is 2. The number of carbonyl (C=O) groups is 2. The lowest BCUT2D eigenvalue weighted by molar-refractivity contribution is -0.118. The van der Waals surface area contributed by atoms with Crippen molar-refractivity contribution in [3.63, 3.8) is 0 Å². The molecule has 0 radical (unpaired) electrons. The summed E-state index contributed by atoms with van der Waals surface area (Å²) in [6, 6.07) is 14.2. The standard InChI is InChI=1S/C17H17BrN2O3/c1-2-16(21)19-13-5-7-14(8-6-13)20-17(22)11-23-15-9-3-12(18)4-10-15/h3-10H,2,11H2,1H3,(H,19,21)(H,20,22). The van der Waals surface area contributed by atoms with Crippen LogP contribution < -0.4 is 15.4 Å². The monoisotopic (exact) mass is 376 g/mol. The molecular weight excluding hydrogens is 360 g/mol. The van der Waals surface area contributed by atoms with Crippen molar-refractivity contribution in [1.29, 1.82) is 0 Å². The summed E-state index contributed by atoms with van der Waals surface area (Å²) in [6.45, 7) is 1.71. The summed E-state index contributed by atoms with van der Waals surface area (Å²) in [7, 11) is 0. The zero-order valence-electron chi connectivity index (χ0n) is 12.6. The maximum Gasteiger partial charge on any atom is 0.262 e. The molecule has 0 spiro atoms. The molecule has 2 N–H and O–H groups in total. The Labute approximate surface area is 143 Å². The van der Waals surface area contributed by atoms with E-state index in [9.17, 15) is 9.59 Å². The number of nitrogens with one attached hydrogen (secondary N) is 2. The lowest BCUT2D eigenvalue weighted by atomic mass is 10.2. The summed E-state index contributed by atoms with van der Waals surface area (Å²) >= 11 is 3.33. The normalized spacial score (nSPS) is 10.0. The molecule has 120 valence electrons. The molecule has 0 aromatic heterocycles. The van der Waals surface area contributed by atoms with Crippen LogP contribution in [0.25, 0.3) is 0 Å². The molecule has 0 saturated carbocycles. The molecule has 2 rings (SSSR count). The van der Waals surface area contributed by atoms with Crippen LogP contribution >= 0.6 is 15.9 Å². The minimum Gasteiger partial charge on any atom is -0.484 e. The van der Waals surface area contributed by atoms with Crippen LogP contribution in [-0.4, -0.2) is 18.4 Å². The van der Waals surface area contributed by atoms with E-state index in [1.807, 2.05) is 12.1 Å². The predicted molar refractivity (Wildman–Crippen MR) is 93.6 cm³/mol. The molecule has 2 aromatic rings. The average molecular weight is 377 g/mol. The second-order valence-corrected chi connectivity index (χ2v) is 5.69. The van der Waals surface area contributed by atoms with Crippen molar-refractivity contribution in [2.24, 2.45) is 0 Å². The van der Waals surface area contributed by atoms with E-state index in [4.69, 9.17) is 4.74 Å². The maximum atomic E-state index is 11.8. The van der Waals surface area contributed by atoms with E-state index in [0.29, 0.717) is 23.5 Å². The molecule has 0 fully saturated rings. The summed E-state index contributed by atoms with van der Waals surface area (Å²) in [5.41, 5.74) is 1.34. The van der Waals surface area contributed by atoms with Gasteiger partial charge in [0.15, 0.2) is 6.61 Å². The van der Waals surface area contributed by atoms with Gasteiger partial charge in [-0.05, 0) is 48.5 Å². The van der Waals surface area contributed by atoms with Crippen molar-refractivity contribution in [2.75, 3.05) is 17.2 Å². The van der Waals surface area contributed by atoms with Crippen LogP contribution in [0.5, 0.6) is 5.75 Å². The number of halogens is 1. The highest BCUT2D eigenvalue weighted by Crippen LogP contribution is 2.16. The third-order valence-electron chi connectivity index (χ3n) is 2.96. The van der Waals surface area contributed by atoms with Gasteiger partial charge < -0.3 is 15.4 Å². The van der Waals surface area contributed by atoms with Crippen LogP contribution in [0.1, 0.15) is 13.3 Å². The summed E-state index contributed by atoms with van der Waals surface area (Å²) in [4.78, 5) is 23.1. The van der Waals surface area contributed by atoms with Gasteiger partial charge in [-0.1, -0.05) is 22.9 Å². The minimum absolute atomic E-state index is 0.0512. The Morgan fingerprint density at radius 3 is 1.96 bits per heavy atom. The molecule has 0 unspecified atom stereocenters. The molecule has 2 amide bonds. The van der Waals surface area contributed by atoms with Gasteiger partial charge in [0.2, 0.25) is 5.91 Å². The zero-order chi connectivity index (χ0) is 16.7. The van der Waals surface area contributed by atoms with Gasteiger partial charge in [-0.25, -0.2) is 0 Å². The number of amides is 2. The largest absolute Gasteiger partial charge is 0.484 e. The van der Waals surface area contributed by atoms with Crippen molar-refractivity contribution in [2.45, 2.75) is 13.3 Å². The summed E-state index contributed by atoms with van der Waals surface area (Å²) in [6.07, 6.45) is 0.423. The molecule has 0 heterocycles. The fourth-order valence-corrected chi connectivity index (χ4v) is 2.03. The van der Waals surface area contributed by atoms with Crippen LogP contribution in [0.15, 0.2) is 53.0 Å². The van der Waals surface area contributed by atoms with E-state index < -0.39 is 0 Å². The van der Waals surface area contributed by atoms with Crippen molar-refractivity contribution >= 4 is 39.1 Å². The van der Waals surface area contributed by atoms with Gasteiger partial charge in [-0.15, -0.1) is 0 Å². The molecule has 0 atom stereocenters. The van der Waals surface area contributed by atoms with Crippen molar-refractivity contribution in [1.82, 2.24) is 0 Å². The number of rotatable bonds is 6. The first-order chi connectivity index (χ1) is 11.1. The highest BCUT2D eigenvalue weighted by molar-refractivity contribution is 9.10. The number of ether oxygens (including phenoxy) is 1. The highest BCUT2D eigenvalue weighted by atomic mass is 79.9. The minimum atomic E-state index is -0.252. The van der Waals surface area contributed by atoms with Gasteiger partial charge >= 0.3 is 0 Å². The van der Waals surface area contributed by atoms with E-state index >= 15 is 0 Å². The molecule has 2 aromatic carbocycles. The van der Waals surface area contributed by atoms with Gasteiger partial charge in [0, 0.05) is 22.3 Å². The molecule has 0 aliphatic heterocycles. The van der Waals surface area contributed by atoms with E-state index in [1.165, 1.54) is 0 Å². The number of benzene rings is 2. The fraction of sp³-hybridized carbons (Fsp3) is 0.176. The average Bonchev–Trinajstić information content (AvgIpc) is 2.56. The third-order valence-corrected chi connectivity index (χ3v) is 3.49. The third kappa shape index (κ3) is 5.75. The van der Waals surface area contributed by atoms with Crippen LogP contribution in [0, 0.1) is 0 Å². The smallest absolute Gasteiger partial charge is 0.262 e. The SMILES string of the molecule is CCC(=O)Nc1ccc(NC(=O)COc2ccc(Br)cc2)cc1. The number of hydrogen-bond acceptors (Lipinski definition) is 3. The highest BCUT2D eigenvalue weighted by Gasteiger charge is 2.05. The molecule has 0 aliphatic carbocycles. The van der Waals surface area contributed by atoms with E-state index in [1.54, 1.807) is 43.3 Å². The Bertz CT molecular complexity index is 669. The molecule has 0 bridgehead atoms. The first kappa shape index (κ1) is 17.0. The Kier molecular flexibility index (Phi) is 6.17. The summed E-state index contributed by atoms with van der Waals surface area (Å²) < 4.78 is 6.34. The van der Waals surface area contributed by atoms with Crippen LogP contribution in [-0.2, 0) is 9.59 Å². The second kappa shape index (κ2) is 8.33. The van der Waals surface area contributed by atoms with Crippen LogP contribution in [0.2, 0.25) is 0 Å². The van der Waals surface area contributed by atoms with Crippen molar-refractivity contribution in [3.05, 3.63) is 53.0 Å². The molecule has 5 nitrogen and oxygen atoms in total. The first-order valence-corrected chi connectivity index (χ1v) is 7.94. The number of anilines is 2. The quantitative estimate of drug-likeness (QED) is 0.805. The van der Waals surface area contributed by atoms with Crippen LogP contribution in [0.4, 0.5) is 11.4 Å². The molecule has 6 heteroatoms. The maximum absolute atomic E-state index is 11.8. The molecule has 0 saturated heterocycles. The Morgan fingerprint density at radius 2 is 1.43 bits per heavy atom. The van der Waals surface area contributed by atoms with Gasteiger partial charge in [0.1, 0.15) is 5.75 Å². The topological polar surface area (TPSA) is 67.4 Å². The fourth-order valence-electron chi connectivity index (χ4n) is 1.76. The van der Waals surface area contributed by atoms with E-state index in [2.05, 4.69) is 26.6 Å². The Morgan fingerprint density at radius 1 is 0.913 bits per heavy atom. The summed E-state index contributed by atoms with van der Waals surface area (Å²) in [5.74, 6) is 0.323. The van der Waals surface area contributed by atoms with Crippen LogP contribution in [0.3, 0.4) is 0 Å².